The molecule has 2 aromatic carbocycles. The number of benzene rings is 2. The molecule has 0 aliphatic rings. The molecule has 0 fully saturated rings. The lowest BCUT2D eigenvalue weighted by Gasteiger charge is -2.06. The minimum absolute atomic E-state index is 0.0583. The highest BCUT2D eigenvalue weighted by Gasteiger charge is 2.08. The van der Waals surface area contributed by atoms with Crippen LogP contribution >= 0.6 is 0 Å². The van der Waals surface area contributed by atoms with Crippen molar-refractivity contribution in [2.45, 2.75) is 19.4 Å². The lowest BCUT2D eigenvalue weighted by molar-refractivity contribution is 0.103. The van der Waals surface area contributed by atoms with Crippen molar-refractivity contribution in [2.24, 2.45) is 5.73 Å². The van der Waals surface area contributed by atoms with E-state index in [1.165, 1.54) is 0 Å². The summed E-state index contributed by atoms with van der Waals surface area (Å²) in [6, 6.07) is 17.1. The van der Waals surface area contributed by atoms with Gasteiger partial charge in [0, 0.05) is 17.2 Å². The molecule has 0 saturated heterocycles. The maximum Gasteiger partial charge on any atom is 0.193 e. The Bertz CT molecular complexity index is 515. The highest BCUT2D eigenvalue weighted by molar-refractivity contribution is 6.08. The van der Waals surface area contributed by atoms with E-state index in [0.717, 1.165) is 23.1 Å². The van der Waals surface area contributed by atoms with E-state index in [0.29, 0.717) is 0 Å². The first-order chi connectivity index (χ1) is 8.66. The lowest BCUT2D eigenvalue weighted by atomic mass is 10.0. The van der Waals surface area contributed by atoms with Crippen molar-refractivity contribution in [3.05, 3.63) is 71.3 Å². The SMILES string of the molecule is CC(N)Cc1ccc(C(=O)c2ccccc2)cc1. The molecule has 0 radical (unpaired) electrons. The van der Waals surface area contributed by atoms with E-state index in [9.17, 15) is 4.79 Å². The first-order valence-corrected chi connectivity index (χ1v) is 6.11. The van der Waals surface area contributed by atoms with E-state index in [1.54, 1.807) is 0 Å². The Morgan fingerprint density at radius 2 is 1.56 bits per heavy atom. The zero-order valence-electron chi connectivity index (χ0n) is 10.5. The molecule has 0 heterocycles. The molecule has 2 nitrogen and oxygen atoms in total. The van der Waals surface area contributed by atoms with Crippen LogP contribution in [0.4, 0.5) is 0 Å². The van der Waals surface area contributed by atoms with Crippen LogP contribution in [0.5, 0.6) is 0 Å². The maximum absolute atomic E-state index is 12.2. The van der Waals surface area contributed by atoms with Crippen LogP contribution < -0.4 is 5.73 Å². The smallest absolute Gasteiger partial charge is 0.193 e. The van der Waals surface area contributed by atoms with Crippen molar-refractivity contribution in [3.63, 3.8) is 0 Å². The minimum atomic E-state index is 0.0583. The molecule has 1 atom stereocenters. The van der Waals surface area contributed by atoms with Crippen molar-refractivity contribution in [1.29, 1.82) is 0 Å². The number of nitrogens with two attached hydrogens (primary N) is 1. The van der Waals surface area contributed by atoms with Crippen LogP contribution in [0.2, 0.25) is 0 Å². The van der Waals surface area contributed by atoms with Gasteiger partial charge in [-0.3, -0.25) is 4.79 Å². The molecule has 0 spiro atoms. The number of carbonyl (C=O) groups is 1. The van der Waals surface area contributed by atoms with E-state index in [4.69, 9.17) is 5.73 Å². The fourth-order valence-electron chi connectivity index (χ4n) is 1.92. The highest BCUT2D eigenvalue weighted by Crippen LogP contribution is 2.11. The van der Waals surface area contributed by atoms with Crippen LogP contribution in [0, 0.1) is 0 Å². The maximum atomic E-state index is 12.2. The van der Waals surface area contributed by atoms with Gasteiger partial charge in [-0.15, -0.1) is 0 Å². The Morgan fingerprint density at radius 3 is 2.11 bits per heavy atom. The molecule has 0 aromatic heterocycles. The normalized spacial score (nSPS) is 12.1. The number of hydrogen-bond acceptors (Lipinski definition) is 2. The topological polar surface area (TPSA) is 43.1 Å². The molecule has 1 unspecified atom stereocenters. The van der Waals surface area contributed by atoms with E-state index in [-0.39, 0.29) is 11.8 Å². The van der Waals surface area contributed by atoms with E-state index in [1.807, 2.05) is 61.5 Å². The van der Waals surface area contributed by atoms with Crippen molar-refractivity contribution < 1.29 is 4.79 Å². The fourth-order valence-corrected chi connectivity index (χ4v) is 1.92. The van der Waals surface area contributed by atoms with Crippen LogP contribution in [-0.4, -0.2) is 11.8 Å². The summed E-state index contributed by atoms with van der Waals surface area (Å²) in [5, 5.41) is 0. The van der Waals surface area contributed by atoms with E-state index >= 15 is 0 Å². The third-order valence-corrected chi connectivity index (χ3v) is 2.81. The highest BCUT2D eigenvalue weighted by atomic mass is 16.1. The Balaban J connectivity index is 2.17. The second-order valence-electron chi connectivity index (χ2n) is 4.57. The van der Waals surface area contributed by atoms with Gasteiger partial charge in [0.05, 0.1) is 0 Å². The molecule has 92 valence electrons. The monoisotopic (exact) mass is 239 g/mol. The molecule has 2 rings (SSSR count). The molecular formula is C16H17NO. The van der Waals surface area contributed by atoms with Gasteiger partial charge in [-0.2, -0.15) is 0 Å². The summed E-state index contributed by atoms with van der Waals surface area (Å²) in [6.45, 7) is 1.98. The van der Waals surface area contributed by atoms with E-state index in [2.05, 4.69) is 0 Å². The van der Waals surface area contributed by atoms with Gasteiger partial charge in [-0.1, -0.05) is 54.6 Å². The van der Waals surface area contributed by atoms with Crippen LogP contribution in [0.3, 0.4) is 0 Å². The van der Waals surface area contributed by atoms with Crippen molar-refractivity contribution in [2.75, 3.05) is 0 Å². The second kappa shape index (κ2) is 5.61. The minimum Gasteiger partial charge on any atom is -0.328 e. The molecule has 2 aromatic rings. The molecule has 0 aliphatic carbocycles. The molecular weight excluding hydrogens is 222 g/mol. The summed E-state index contributed by atoms with van der Waals surface area (Å²) in [5.74, 6) is 0.0583. The third-order valence-electron chi connectivity index (χ3n) is 2.81. The van der Waals surface area contributed by atoms with Crippen LogP contribution in [-0.2, 0) is 6.42 Å². The number of carbonyl (C=O) groups excluding carboxylic acids is 1. The molecule has 18 heavy (non-hydrogen) atoms. The molecule has 2 heteroatoms. The predicted molar refractivity (Wildman–Crippen MR) is 73.7 cm³/mol. The third kappa shape index (κ3) is 3.05. The van der Waals surface area contributed by atoms with Gasteiger partial charge in [-0.05, 0) is 18.9 Å². The summed E-state index contributed by atoms with van der Waals surface area (Å²) < 4.78 is 0. The second-order valence-corrected chi connectivity index (χ2v) is 4.57. The van der Waals surface area contributed by atoms with E-state index < -0.39 is 0 Å². The quantitative estimate of drug-likeness (QED) is 0.834. The Hall–Kier alpha value is -1.93. The van der Waals surface area contributed by atoms with Crippen LogP contribution in [0.25, 0.3) is 0 Å². The molecule has 0 aliphatic heterocycles. The summed E-state index contributed by atoms with van der Waals surface area (Å²) >= 11 is 0. The molecule has 0 amide bonds. The molecule has 2 N–H and O–H groups in total. The summed E-state index contributed by atoms with van der Waals surface area (Å²) in [4.78, 5) is 12.2. The molecule has 0 bridgehead atoms. The van der Waals surface area contributed by atoms with Gasteiger partial charge >= 0.3 is 0 Å². The number of ketones is 1. The Labute approximate surface area is 107 Å². The summed E-state index contributed by atoms with van der Waals surface area (Å²) in [7, 11) is 0. The first kappa shape index (κ1) is 12.5. The van der Waals surface area contributed by atoms with Gasteiger partial charge in [0.1, 0.15) is 0 Å². The van der Waals surface area contributed by atoms with Crippen molar-refractivity contribution in [3.8, 4) is 0 Å². The van der Waals surface area contributed by atoms with Crippen LogP contribution in [0.15, 0.2) is 54.6 Å². The van der Waals surface area contributed by atoms with Gasteiger partial charge in [0.2, 0.25) is 0 Å². The zero-order chi connectivity index (χ0) is 13.0. The lowest BCUT2D eigenvalue weighted by Crippen LogP contribution is -2.17. The van der Waals surface area contributed by atoms with Gasteiger partial charge in [0.25, 0.3) is 0 Å². The first-order valence-electron chi connectivity index (χ1n) is 6.11. The predicted octanol–water partition coefficient (Wildman–Crippen LogP) is 2.81. The zero-order valence-corrected chi connectivity index (χ0v) is 10.5. The summed E-state index contributed by atoms with van der Waals surface area (Å²) in [6.07, 6.45) is 0.833. The largest absolute Gasteiger partial charge is 0.328 e. The number of hydrogen-bond donors (Lipinski definition) is 1. The van der Waals surface area contributed by atoms with Gasteiger partial charge < -0.3 is 5.73 Å². The van der Waals surface area contributed by atoms with Crippen LogP contribution in [0.1, 0.15) is 28.4 Å². The average molecular weight is 239 g/mol. The average Bonchev–Trinajstić information content (AvgIpc) is 2.39. The number of rotatable bonds is 4. The van der Waals surface area contributed by atoms with Crippen molar-refractivity contribution >= 4 is 5.78 Å². The molecule has 0 saturated carbocycles. The Kier molecular flexibility index (Phi) is 3.90. The fraction of sp³-hybridized carbons (Fsp3) is 0.188. The Morgan fingerprint density at radius 1 is 1.00 bits per heavy atom. The van der Waals surface area contributed by atoms with Gasteiger partial charge in [0.15, 0.2) is 5.78 Å². The van der Waals surface area contributed by atoms with Gasteiger partial charge in [-0.25, -0.2) is 0 Å². The summed E-state index contributed by atoms with van der Waals surface area (Å²) in [5.41, 5.74) is 8.35. The van der Waals surface area contributed by atoms with Crippen molar-refractivity contribution in [1.82, 2.24) is 0 Å². The standard InChI is InChI=1S/C16H17NO/c1-12(17)11-13-7-9-15(10-8-13)16(18)14-5-3-2-4-6-14/h2-10,12H,11,17H2,1H3.